The van der Waals surface area contributed by atoms with Crippen molar-refractivity contribution < 1.29 is 12.9 Å². The minimum atomic E-state index is -3.57. The lowest BCUT2D eigenvalue weighted by molar-refractivity contribution is 0.410. The number of sulfonamides is 1. The van der Waals surface area contributed by atoms with Gasteiger partial charge in [0.1, 0.15) is 4.90 Å². The van der Waals surface area contributed by atoms with E-state index >= 15 is 0 Å². The van der Waals surface area contributed by atoms with Crippen molar-refractivity contribution in [3.8, 4) is 0 Å². The maximum absolute atomic E-state index is 12.3. The minimum Gasteiger partial charge on any atom is -0.384 e. The highest BCUT2D eigenvalue weighted by molar-refractivity contribution is 7.89. The van der Waals surface area contributed by atoms with Crippen molar-refractivity contribution in [3.63, 3.8) is 0 Å². The summed E-state index contributed by atoms with van der Waals surface area (Å²) in [5.74, 6) is 0.468. The molecule has 0 bridgehead atoms. The first-order chi connectivity index (χ1) is 10.1. The van der Waals surface area contributed by atoms with Gasteiger partial charge in [0, 0.05) is 19.5 Å². The Morgan fingerprint density at radius 3 is 2.76 bits per heavy atom. The molecular formula is C13H18N4O3S. The van der Waals surface area contributed by atoms with Gasteiger partial charge in [-0.3, -0.25) is 0 Å². The molecule has 0 unspecified atom stereocenters. The van der Waals surface area contributed by atoms with Gasteiger partial charge >= 0.3 is 0 Å². The van der Waals surface area contributed by atoms with E-state index in [1.807, 2.05) is 6.92 Å². The molecule has 0 atom stereocenters. The number of para-hydroxylation sites is 1. The molecule has 2 rings (SSSR count). The van der Waals surface area contributed by atoms with E-state index in [9.17, 15) is 8.42 Å². The number of hydrogen-bond acceptors (Lipinski definition) is 6. The zero-order valence-corrected chi connectivity index (χ0v) is 12.6. The number of aromatic nitrogens is 2. The van der Waals surface area contributed by atoms with Crippen molar-refractivity contribution in [3.05, 3.63) is 36.5 Å². The first kappa shape index (κ1) is 15.5. The second-order valence-corrected chi connectivity index (χ2v) is 6.15. The molecule has 1 aromatic heterocycles. The second-order valence-electron chi connectivity index (χ2n) is 4.42. The molecule has 1 heterocycles. The van der Waals surface area contributed by atoms with E-state index in [4.69, 9.17) is 0 Å². The minimum absolute atomic E-state index is 0.212. The number of benzene rings is 1. The highest BCUT2D eigenvalue weighted by atomic mass is 32.2. The van der Waals surface area contributed by atoms with Crippen molar-refractivity contribution >= 4 is 15.7 Å². The summed E-state index contributed by atoms with van der Waals surface area (Å²) < 4.78 is 31.8. The Morgan fingerprint density at radius 2 is 2.05 bits per heavy atom. The lowest BCUT2D eigenvalue weighted by Gasteiger charge is -2.12. The van der Waals surface area contributed by atoms with Crippen LogP contribution in [-0.4, -0.2) is 31.6 Å². The maximum Gasteiger partial charge on any atom is 0.242 e. The van der Waals surface area contributed by atoms with Crippen LogP contribution in [0.15, 0.2) is 40.1 Å². The molecule has 8 heteroatoms. The number of hydrogen-bond donors (Lipinski definition) is 2. The Hall–Kier alpha value is -1.93. The average molecular weight is 310 g/mol. The standard InChI is InChI=1S/C13H18N4O3S/c1-2-8-14-11-5-3-4-6-12(11)21(18,19)16-9-7-13-15-10-20-17-13/h3-6,10,14,16H,2,7-9H2,1H3. The van der Waals surface area contributed by atoms with Crippen LogP contribution in [0.5, 0.6) is 0 Å². The molecule has 0 radical (unpaired) electrons. The predicted octanol–water partition coefficient (Wildman–Crippen LogP) is 1.41. The first-order valence-electron chi connectivity index (χ1n) is 6.71. The van der Waals surface area contributed by atoms with Gasteiger partial charge in [-0.25, -0.2) is 13.1 Å². The molecule has 0 aliphatic carbocycles. The van der Waals surface area contributed by atoms with Crippen LogP contribution in [0, 0.1) is 0 Å². The van der Waals surface area contributed by atoms with Gasteiger partial charge in [0.25, 0.3) is 0 Å². The summed E-state index contributed by atoms with van der Waals surface area (Å²) in [7, 11) is -3.57. The smallest absolute Gasteiger partial charge is 0.242 e. The Bertz CT molecular complexity index is 656. The normalized spacial score (nSPS) is 11.5. The molecule has 0 saturated carbocycles. The fourth-order valence-electron chi connectivity index (χ4n) is 1.78. The van der Waals surface area contributed by atoms with E-state index < -0.39 is 10.0 Å². The van der Waals surface area contributed by atoms with Crippen LogP contribution < -0.4 is 10.0 Å². The van der Waals surface area contributed by atoms with Gasteiger partial charge in [0.05, 0.1) is 5.69 Å². The molecule has 7 nitrogen and oxygen atoms in total. The van der Waals surface area contributed by atoms with Crippen LogP contribution in [-0.2, 0) is 16.4 Å². The fraction of sp³-hybridized carbons (Fsp3) is 0.385. The van der Waals surface area contributed by atoms with Gasteiger partial charge in [-0.1, -0.05) is 24.2 Å². The number of nitrogens with zero attached hydrogens (tertiary/aromatic N) is 2. The molecule has 2 N–H and O–H groups in total. The van der Waals surface area contributed by atoms with E-state index in [-0.39, 0.29) is 11.4 Å². The summed E-state index contributed by atoms with van der Waals surface area (Å²) in [6.45, 7) is 2.95. The highest BCUT2D eigenvalue weighted by Gasteiger charge is 2.17. The van der Waals surface area contributed by atoms with Crippen molar-refractivity contribution in [2.75, 3.05) is 18.4 Å². The Morgan fingerprint density at radius 1 is 1.24 bits per heavy atom. The Balaban J connectivity index is 2.04. The van der Waals surface area contributed by atoms with Crippen LogP contribution >= 0.6 is 0 Å². The predicted molar refractivity (Wildman–Crippen MR) is 78.4 cm³/mol. The Kier molecular flexibility index (Phi) is 5.29. The lowest BCUT2D eigenvalue weighted by atomic mass is 10.3. The molecule has 0 saturated heterocycles. The Labute approximate surface area is 123 Å². The fourth-order valence-corrected chi connectivity index (χ4v) is 3.00. The molecule has 21 heavy (non-hydrogen) atoms. The number of rotatable bonds is 8. The summed E-state index contributed by atoms with van der Waals surface area (Å²) >= 11 is 0. The van der Waals surface area contributed by atoms with Gasteiger partial charge in [-0.15, -0.1) is 0 Å². The topological polar surface area (TPSA) is 97.1 Å². The van der Waals surface area contributed by atoms with E-state index in [0.717, 1.165) is 13.0 Å². The molecule has 0 fully saturated rings. The van der Waals surface area contributed by atoms with Crippen LogP contribution in [0.1, 0.15) is 19.2 Å². The van der Waals surface area contributed by atoms with Gasteiger partial charge in [0.2, 0.25) is 16.4 Å². The maximum atomic E-state index is 12.3. The molecule has 0 aliphatic rings. The first-order valence-corrected chi connectivity index (χ1v) is 8.19. The quantitative estimate of drug-likeness (QED) is 0.765. The third-order valence-electron chi connectivity index (χ3n) is 2.79. The van der Waals surface area contributed by atoms with Crippen LogP contribution in [0.2, 0.25) is 0 Å². The van der Waals surface area contributed by atoms with E-state index in [0.29, 0.717) is 17.9 Å². The molecule has 2 aromatic rings. The van der Waals surface area contributed by atoms with E-state index in [1.165, 1.54) is 6.39 Å². The third-order valence-corrected chi connectivity index (χ3v) is 4.31. The summed E-state index contributed by atoms with van der Waals surface area (Å²) in [5, 5.41) is 6.75. The zero-order valence-electron chi connectivity index (χ0n) is 11.7. The lowest BCUT2D eigenvalue weighted by Crippen LogP contribution is -2.27. The van der Waals surface area contributed by atoms with E-state index in [2.05, 4.69) is 24.7 Å². The molecule has 1 aromatic carbocycles. The van der Waals surface area contributed by atoms with Crippen LogP contribution in [0.4, 0.5) is 5.69 Å². The van der Waals surface area contributed by atoms with Gasteiger partial charge < -0.3 is 9.84 Å². The molecule has 114 valence electrons. The zero-order chi connectivity index (χ0) is 15.1. The summed E-state index contributed by atoms with van der Waals surface area (Å²) in [6, 6.07) is 6.83. The number of nitrogens with one attached hydrogen (secondary N) is 2. The summed E-state index contributed by atoms with van der Waals surface area (Å²) in [5.41, 5.74) is 0.603. The monoisotopic (exact) mass is 310 g/mol. The summed E-state index contributed by atoms with van der Waals surface area (Å²) in [4.78, 5) is 4.08. The van der Waals surface area contributed by atoms with Gasteiger partial charge in [-0.05, 0) is 18.6 Å². The van der Waals surface area contributed by atoms with Gasteiger partial charge in [-0.2, -0.15) is 4.98 Å². The molecular weight excluding hydrogens is 292 g/mol. The summed E-state index contributed by atoms with van der Waals surface area (Å²) in [6.07, 6.45) is 2.51. The van der Waals surface area contributed by atoms with Gasteiger partial charge in [0.15, 0.2) is 5.82 Å². The molecule has 0 spiro atoms. The SMILES string of the molecule is CCCNc1ccccc1S(=O)(=O)NCCc1ncon1. The van der Waals surface area contributed by atoms with Crippen molar-refractivity contribution in [2.45, 2.75) is 24.7 Å². The van der Waals surface area contributed by atoms with Crippen LogP contribution in [0.25, 0.3) is 0 Å². The highest BCUT2D eigenvalue weighted by Crippen LogP contribution is 2.20. The largest absolute Gasteiger partial charge is 0.384 e. The third kappa shape index (κ3) is 4.27. The average Bonchev–Trinajstić information content (AvgIpc) is 2.98. The van der Waals surface area contributed by atoms with Crippen molar-refractivity contribution in [1.29, 1.82) is 0 Å². The second kappa shape index (κ2) is 7.19. The van der Waals surface area contributed by atoms with Crippen molar-refractivity contribution in [2.24, 2.45) is 0 Å². The molecule has 0 aliphatic heterocycles. The van der Waals surface area contributed by atoms with Crippen LogP contribution in [0.3, 0.4) is 0 Å². The van der Waals surface area contributed by atoms with E-state index in [1.54, 1.807) is 24.3 Å². The number of anilines is 1. The molecule has 0 amide bonds. The van der Waals surface area contributed by atoms with Crippen molar-refractivity contribution in [1.82, 2.24) is 14.9 Å².